The normalized spacial score (nSPS) is 10.3. The number of carbonyl (C=O) groups is 1. The van der Waals surface area contributed by atoms with Crippen LogP contribution in [0.5, 0.6) is 5.75 Å². The zero-order chi connectivity index (χ0) is 18.5. The predicted molar refractivity (Wildman–Crippen MR) is 105 cm³/mol. The fourth-order valence-electron chi connectivity index (χ4n) is 2.41. The Kier molecular flexibility index (Phi) is 5.39. The number of ether oxygens (including phenoxy) is 1. The molecule has 0 bridgehead atoms. The average Bonchev–Trinajstić information content (AvgIpc) is 2.66. The van der Waals surface area contributed by atoms with Gasteiger partial charge < -0.3 is 15.4 Å². The molecule has 0 spiro atoms. The molecule has 0 radical (unpaired) electrons. The molecule has 5 nitrogen and oxygen atoms in total. The number of methoxy groups -OCH3 is 1. The molecule has 3 aromatic rings. The molecule has 0 atom stereocenters. The van der Waals surface area contributed by atoms with Crippen LogP contribution < -0.4 is 15.4 Å². The first-order valence-electron chi connectivity index (χ1n) is 7.99. The van der Waals surface area contributed by atoms with E-state index in [1.807, 2.05) is 25.1 Å². The lowest BCUT2D eigenvalue weighted by Gasteiger charge is -2.11. The number of nitrogens with one attached hydrogen (secondary N) is 2. The van der Waals surface area contributed by atoms with Crippen molar-refractivity contribution in [1.82, 2.24) is 4.98 Å². The lowest BCUT2D eigenvalue weighted by atomic mass is 10.2. The molecule has 132 valence electrons. The molecular weight excluding hydrogens is 350 g/mol. The summed E-state index contributed by atoms with van der Waals surface area (Å²) in [6.07, 6.45) is 3.18. The number of hydrogen-bond donors (Lipinski definition) is 2. The average molecular weight is 368 g/mol. The SMILES string of the molecule is COc1ccc(NC(=O)c2cncc(Nc3cccc(Cl)c3C)c2)cc1. The molecular formula is C20H18ClN3O2. The van der Waals surface area contributed by atoms with E-state index in [0.717, 1.165) is 17.0 Å². The second-order valence-electron chi connectivity index (χ2n) is 5.68. The van der Waals surface area contributed by atoms with Gasteiger partial charge in [-0.1, -0.05) is 17.7 Å². The van der Waals surface area contributed by atoms with Gasteiger partial charge in [-0.3, -0.25) is 9.78 Å². The number of halogens is 1. The van der Waals surface area contributed by atoms with E-state index in [9.17, 15) is 4.79 Å². The van der Waals surface area contributed by atoms with Crippen LogP contribution in [0.25, 0.3) is 0 Å². The molecule has 0 fully saturated rings. The van der Waals surface area contributed by atoms with Crippen molar-refractivity contribution in [2.75, 3.05) is 17.7 Å². The van der Waals surface area contributed by atoms with E-state index in [2.05, 4.69) is 15.6 Å². The maximum Gasteiger partial charge on any atom is 0.257 e. The zero-order valence-electron chi connectivity index (χ0n) is 14.4. The van der Waals surface area contributed by atoms with Gasteiger partial charge in [0.1, 0.15) is 5.75 Å². The van der Waals surface area contributed by atoms with Gasteiger partial charge in [-0.15, -0.1) is 0 Å². The number of aromatic nitrogens is 1. The second kappa shape index (κ2) is 7.89. The van der Waals surface area contributed by atoms with Gasteiger partial charge in [0.25, 0.3) is 5.91 Å². The quantitative estimate of drug-likeness (QED) is 0.662. The van der Waals surface area contributed by atoms with Gasteiger partial charge in [-0.2, -0.15) is 0 Å². The highest BCUT2D eigenvalue weighted by molar-refractivity contribution is 6.31. The Balaban J connectivity index is 1.75. The van der Waals surface area contributed by atoms with E-state index in [1.54, 1.807) is 43.6 Å². The van der Waals surface area contributed by atoms with Crippen LogP contribution in [-0.4, -0.2) is 18.0 Å². The third-order valence-electron chi connectivity index (χ3n) is 3.90. The second-order valence-corrected chi connectivity index (χ2v) is 6.09. The Labute approximate surface area is 157 Å². The molecule has 0 saturated carbocycles. The highest BCUT2D eigenvalue weighted by Crippen LogP contribution is 2.26. The summed E-state index contributed by atoms with van der Waals surface area (Å²) < 4.78 is 5.11. The fraction of sp³-hybridized carbons (Fsp3) is 0.100. The number of nitrogens with zero attached hydrogens (tertiary/aromatic N) is 1. The minimum Gasteiger partial charge on any atom is -0.497 e. The molecule has 2 aromatic carbocycles. The lowest BCUT2D eigenvalue weighted by molar-refractivity contribution is 0.102. The number of rotatable bonds is 5. The Morgan fingerprint density at radius 2 is 1.85 bits per heavy atom. The van der Waals surface area contributed by atoms with Crippen LogP contribution in [0.1, 0.15) is 15.9 Å². The largest absolute Gasteiger partial charge is 0.497 e. The van der Waals surface area contributed by atoms with Crippen LogP contribution in [-0.2, 0) is 0 Å². The summed E-state index contributed by atoms with van der Waals surface area (Å²) in [6, 6.07) is 14.5. The maximum absolute atomic E-state index is 12.5. The number of hydrogen-bond acceptors (Lipinski definition) is 4. The van der Waals surface area contributed by atoms with Gasteiger partial charge in [0.05, 0.1) is 24.6 Å². The van der Waals surface area contributed by atoms with E-state index in [0.29, 0.717) is 22.0 Å². The van der Waals surface area contributed by atoms with Crippen molar-refractivity contribution in [2.45, 2.75) is 6.92 Å². The lowest BCUT2D eigenvalue weighted by Crippen LogP contribution is -2.12. The zero-order valence-corrected chi connectivity index (χ0v) is 15.2. The summed E-state index contributed by atoms with van der Waals surface area (Å²) in [5.74, 6) is 0.488. The van der Waals surface area contributed by atoms with Gasteiger partial charge in [0.15, 0.2) is 0 Å². The monoisotopic (exact) mass is 367 g/mol. The molecule has 0 aliphatic carbocycles. The number of carbonyl (C=O) groups excluding carboxylic acids is 1. The molecule has 0 unspecified atom stereocenters. The van der Waals surface area contributed by atoms with Crippen LogP contribution in [0.3, 0.4) is 0 Å². The van der Waals surface area contributed by atoms with E-state index < -0.39 is 0 Å². The van der Waals surface area contributed by atoms with Gasteiger partial charge in [0, 0.05) is 22.6 Å². The Bertz CT molecular complexity index is 927. The van der Waals surface area contributed by atoms with Crippen molar-refractivity contribution in [3.63, 3.8) is 0 Å². The van der Waals surface area contributed by atoms with Crippen LogP contribution >= 0.6 is 11.6 Å². The number of benzene rings is 2. The van der Waals surface area contributed by atoms with Crippen molar-refractivity contribution in [3.8, 4) is 5.75 Å². The Morgan fingerprint density at radius 3 is 2.58 bits per heavy atom. The van der Waals surface area contributed by atoms with E-state index in [1.165, 1.54) is 6.20 Å². The van der Waals surface area contributed by atoms with Crippen molar-refractivity contribution < 1.29 is 9.53 Å². The van der Waals surface area contributed by atoms with Gasteiger partial charge in [-0.25, -0.2) is 0 Å². The smallest absolute Gasteiger partial charge is 0.257 e. The molecule has 1 aromatic heterocycles. The van der Waals surface area contributed by atoms with Crippen molar-refractivity contribution in [1.29, 1.82) is 0 Å². The third kappa shape index (κ3) is 4.13. The number of amides is 1. The minimum absolute atomic E-state index is 0.242. The molecule has 2 N–H and O–H groups in total. The predicted octanol–water partition coefficient (Wildman–Crippen LogP) is 5.05. The summed E-state index contributed by atoms with van der Waals surface area (Å²) in [5.41, 5.74) is 3.64. The van der Waals surface area contributed by atoms with E-state index in [-0.39, 0.29) is 5.91 Å². The van der Waals surface area contributed by atoms with Crippen molar-refractivity contribution in [3.05, 3.63) is 77.1 Å². The Morgan fingerprint density at radius 1 is 1.08 bits per heavy atom. The van der Waals surface area contributed by atoms with E-state index >= 15 is 0 Å². The molecule has 6 heteroatoms. The highest BCUT2D eigenvalue weighted by Gasteiger charge is 2.09. The highest BCUT2D eigenvalue weighted by atomic mass is 35.5. The van der Waals surface area contributed by atoms with Gasteiger partial charge in [0.2, 0.25) is 0 Å². The summed E-state index contributed by atoms with van der Waals surface area (Å²) in [5, 5.41) is 6.76. The van der Waals surface area contributed by atoms with Crippen LogP contribution in [0.4, 0.5) is 17.1 Å². The fourth-order valence-corrected chi connectivity index (χ4v) is 2.58. The van der Waals surface area contributed by atoms with Gasteiger partial charge in [-0.05, 0) is 55.0 Å². The first-order chi connectivity index (χ1) is 12.6. The van der Waals surface area contributed by atoms with Crippen molar-refractivity contribution in [2.24, 2.45) is 0 Å². The van der Waals surface area contributed by atoms with Crippen LogP contribution in [0.15, 0.2) is 60.9 Å². The summed E-state index contributed by atoms with van der Waals surface area (Å²) in [7, 11) is 1.60. The molecule has 3 rings (SSSR count). The van der Waals surface area contributed by atoms with Crippen molar-refractivity contribution >= 4 is 34.6 Å². The first-order valence-corrected chi connectivity index (χ1v) is 8.37. The van der Waals surface area contributed by atoms with Crippen LogP contribution in [0, 0.1) is 6.92 Å². The molecule has 0 saturated heterocycles. The van der Waals surface area contributed by atoms with Gasteiger partial charge >= 0.3 is 0 Å². The minimum atomic E-state index is -0.242. The molecule has 1 amide bonds. The standard InChI is InChI=1S/C20H18ClN3O2/c1-13-18(21)4-3-5-19(13)23-16-10-14(11-22-12-16)20(25)24-15-6-8-17(26-2)9-7-15/h3-12,23H,1-2H3,(H,24,25). The number of anilines is 3. The summed E-state index contributed by atoms with van der Waals surface area (Å²) in [4.78, 5) is 16.6. The molecule has 0 aliphatic heterocycles. The third-order valence-corrected chi connectivity index (χ3v) is 4.30. The van der Waals surface area contributed by atoms with E-state index in [4.69, 9.17) is 16.3 Å². The first kappa shape index (κ1) is 17.8. The maximum atomic E-state index is 12.5. The molecule has 26 heavy (non-hydrogen) atoms. The Hall–Kier alpha value is -3.05. The number of pyridine rings is 1. The summed E-state index contributed by atoms with van der Waals surface area (Å²) >= 11 is 6.14. The van der Waals surface area contributed by atoms with Crippen LogP contribution in [0.2, 0.25) is 5.02 Å². The molecule has 1 heterocycles. The topological polar surface area (TPSA) is 63.2 Å². The molecule has 0 aliphatic rings. The summed E-state index contributed by atoms with van der Waals surface area (Å²) in [6.45, 7) is 1.93.